The molecule has 108 valence electrons. The van der Waals surface area contributed by atoms with Crippen molar-refractivity contribution in [3.63, 3.8) is 0 Å². The van der Waals surface area contributed by atoms with Crippen LogP contribution >= 0.6 is 0 Å². The number of rotatable bonds is 5. The number of carbonyl (C=O) groups is 1. The highest BCUT2D eigenvalue weighted by molar-refractivity contribution is 5.96. The first kappa shape index (κ1) is 14.0. The third kappa shape index (κ3) is 3.79. The van der Waals surface area contributed by atoms with Crippen molar-refractivity contribution in [3.8, 4) is 0 Å². The quantitative estimate of drug-likeness (QED) is 0.773. The molecule has 0 radical (unpaired) electrons. The predicted molar refractivity (Wildman–Crippen MR) is 83.6 cm³/mol. The Balaban J connectivity index is 1.62. The lowest BCUT2D eigenvalue weighted by molar-refractivity contribution is 0.0775. The molecule has 2 nitrogen and oxygen atoms in total. The SMILES string of the molecule is O=C(CC1CCCO1)c1ccc(Cc2ccccc2)cc1. The first-order valence-corrected chi connectivity index (χ1v) is 7.59. The minimum atomic E-state index is 0.126. The van der Waals surface area contributed by atoms with Crippen molar-refractivity contribution in [3.05, 3.63) is 71.3 Å². The fourth-order valence-electron chi connectivity index (χ4n) is 2.77. The topological polar surface area (TPSA) is 26.3 Å². The van der Waals surface area contributed by atoms with Gasteiger partial charge < -0.3 is 4.74 Å². The van der Waals surface area contributed by atoms with Crippen molar-refractivity contribution in [2.45, 2.75) is 31.8 Å². The van der Waals surface area contributed by atoms with Gasteiger partial charge in [0.1, 0.15) is 0 Å². The van der Waals surface area contributed by atoms with Gasteiger partial charge in [-0.3, -0.25) is 4.79 Å². The van der Waals surface area contributed by atoms with Gasteiger partial charge in [0.25, 0.3) is 0 Å². The molecule has 2 aromatic carbocycles. The summed E-state index contributed by atoms with van der Waals surface area (Å²) in [7, 11) is 0. The van der Waals surface area contributed by atoms with E-state index in [0.29, 0.717) is 6.42 Å². The maximum atomic E-state index is 12.2. The summed E-state index contributed by atoms with van der Waals surface area (Å²) in [6, 6.07) is 18.4. The van der Waals surface area contributed by atoms with Gasteiger partial charge >= 0.3 is 0 Å². The molecule has 2 heteroatoms. The molecule has 0 N–H and O–H groups in total. The third-order valence-corrected chi connectivity index (χ3v) is 3.96. The van der Waals surface area contributed by atoms with E-state index in [1.165, 1.54) is 11.1 Å². The lowest BCUT2D eigenvalue weighted by Crippen LogP contribution is -2.12. The summed E-state index contributed by atoms with van der Waals surface area (Å²) in [5.41, 5.74) is 3.31. The van der Waals surface area contributed by atoms with E-state index < -0.39 is 0 Å². The average Bonchev–Trinajstić information content (AvgIpc) is 3.02. The molecular weight excluding hydrogens is 260 g/mol. The van der Waals surface area contributed by atoms with E-state index in [-0.39, 0.29) is 11.9 Å². The Bertz CT molecular complexity index is 581. The van der Waals surface area contributed by atoms with E-state index in [9.17, 15) is 4.79 Å². The lowest BCUT2D eigenvalue weighted by atomic mass is 10.00. The molecule has 1 unspecified atom stereocenters. The zero-order valence-corrected chi connectivity index (χ0v) is 12.1. The Morgan fingerprint density at radius 3 is 2.38 bits per heavy atom. The summed E-state index contributed by atoms with van der Waals surface area (Å²) in [5, 5.41) is 0. The molecule has 0 saturated carbocycles. The van der Waals surface area contributed by atoms with Gasteiger partial charge in [-0.15, -0.1) is 0 Å². The molecule has 2 aromatic rings. The van der Waals surface area contributed by atoms with Crippen molar-refractivity contribution >= 4 is 5.78 Å². The molecule has 0 aromatic heterocycles. The molecule has 1 heterocycles. The molecule has 3 rings (SSSR count). The van der Waals surface area contributed by atoms with E-state index in [2.05, 4.69) is 36.4 Å². The smallest absolute Gasteiger partial charge is 0.165 e. The van der Waals surface area contributed by atoms with Gasteiger partial charge in [-0.05, 0) is 30.4 Å². The Labute approximate surface area is 125 Å². The monoisotopic (exact) mass is 280 g/mol. The number of hydrogen-bond acceptors (Lipinski definition) is 2. The summed E-state index contributed by atoms with van der Waals surface area (Å²) in [6.45, 7) is 0.800. The van der Waals surface area contributed by atoms with Crippen LogP contribution < -0.4 is 0 Å². The van der Waals surface area contributed by atoms with Crippen LogP contribution in [-0.4, -0.2) is 18.5 Å². The van der Waals surface area contributed by atoms with Gasteiger partial charge in [-0.25, -0.2) is 0 Å². The van der Waals surface area contributed by atoms with Gasteiger partial charge in [0.05, 0.1) is 6.10 Å². The molecule has 1 fully saturated rings. The molecule has 1 aliphatic rings. The van der Waals surface area contributed by atoms with Crippen LogP contribution in [0.15, 0.2) is 54.6 Å². The second-order valence-corrected chi connectivity index (χ2v) is 5.62. The number of ketones is 1. The van der Waals surface area contributed by atoms with E-state index in [1.807, 2.05) is 18.2 Å². The molecular formula is C19H20O2. The van der Waals surface area contributed by atoms with Crippen LogP contribution in [0, 0.1) is 0 Å². The van der Waals surface area contributed by atoms with Crippen LogP contribution in [-0.2, 0) is 11.2 Å². The van der Waals surface area contributed by atoms with Crippen LogP contribution in [0.1, 0.15) is 40.7 Å². The van der Waals surface area contributed by atoms with Crippen LogP contribution in [0.4, 0.5) is 0 Å². The third-order valence-electron chi connectivity index (χ3n) is 3.96. The van der Waals surface area contributed by atoms with Crippen LogP contribution in [0.3, 0.4) is 0 Å². The Morgan fingerprint density at radius 1 is 1.00 bits per heavy atom. The minimum Gasteiger partial charge on any atom is -0.378 e. The first-order chi connectivity index (χ1) is 10.3. The number of ether oxygens (including phenoxy) is 1. The van der Waals surface area contributed by atoms with Gasteiger partial charge in [0.2, 0.25) is 0 Å². The van der Waals surface area contributed by atoms with Crippen molar-refractivity contribution in [1.82, 2.24) is 0 Å². The molecule has 1 saturated heterocycles. The van der Waals surface area contributed by atoms with Crippen LogP contribution in [0.25, 0.3) is 0 Å². The van der Waals surface area contributed by atoms with Gasteiger partial charge in [-0.1, -0.05) is 54.6 Å². The second-order valence-electron chi connectivity index (χ2n) is 5.62. The van der Waals surface area contributed by atoms with Crippen molar-refractivity contribution in [2.24, 2.45) is 0 Å². The number of benzene rings is 2. The first-order valence-electron chi connectivity index (χ1n) is 7.59. The average molecular weight is 280 g/mol. The van der Waals surface area contributed by atoms with Gasteiger partial charge in [0.15, 0.2) is 5.78 Å². The molecule has 0 bridgehead atoms. The molecule has 1 atom stereocenters. The fraction of sp³-hybridized carbons (Fsp3) is 0.316. The van der Waals surface area contributed by atoms with Crippen molar-refractivity contribution < 1.29 is 9.53 Å². The molecule has 0 aliphatic carbocycles. The highest BCUT2D eigenvalue weighted by Crippen LogP contribution is 2.18. The summed E-state index contributed by atoms with van der Waals surface area (Å²) in [6.07, 6.45) is 3.63. The van der Waals surface area contributed by atoms with Gasteiger partial charge in [-0.2, -0.15) is 0 Å². The van der Waals surface area contributed by atoms with Gasteiger partial charge in [0, 0.05) is 18.6 Å². The zero-order valence-electron chi connectivity index (χ0n) is 12.1. The number of carbonyl (C=O) groups excluding carboxylic acids is 1. The maximum absolute atomic E-state index is 12.2. The van der Waals surface area contributed by atoms with E-state index in [4.69, 9.17) is 4.74 Å². The summed E-state index contributed by atoms with van der Waals surface area (Å²) < 4.78 is 5.53. The number of Topliss-reactive ketones (excluding diaryl/α,β-unsaturated/α-hetero) is 1. The van der Waals surface area contributed by atoms with Crippen molar-refractivity contribution in [1.29, 1.82) is 0 Å². The molecule has 21 heavy (non-hydrogen) atoms. The summed E-state index contributed by atoms with van der Waals surface area (Å²) in [4.78, 5) is 12.2. The van der Waals surface area contributed by atoms with E-state index in [1.54, 1.807) is 0 Å². The van der Waals surface area contributed by atoms with Crippen LogP contribution in [0.2, 0.25) is 0 Å². The standard InChI is InChI=1S/C19H20O2/c20-19(14-18-7-4-12-21-18)17-10-8-16(9-11-17)13-15-5-2-1-3-6-15/h1-3,5-6,8-11,18H,4,7,12-14H2. The Kier molecular flexibility index (Phi) is 4.46. The van der Waals surface area contributed by atoms with E-state index >= 15 is 0 Å². The predicted octanol–water partition coefficient (Wildman–Crippen LogP) is 4.03. The normalized spacial score (nSPS) is 17.8. The van der Waals surface area contributed by atoms with Crippen molar-refractivity contribution in [2.75, 3.05) is 6.61 Å². The maximum Gasteiger partial charge on any atom is 0.165 e. The fourth-order valence-corrected chi connectivity index (χ4v) is 2.77. The largest absolute Gasteiger partial charge is 0.378 e. The zero-order chi connectivity index (χ0) is 14.5. The Hall–Kier alpha value is -1.93. The van der Waals surface area contributed by atoms with E-state index in [0.717, 1.165) is 31.4 Å². The molecule has 0 amide bonds. The lowest BCUT2D eigenvalue weighted by Gasteiger charge is -2.08. The summed E-state index contributed by atoms with van der Waals surface area (Å²) >= 11 is 0. The number of hydrogen-bond donors (Lipinski definition) is 0. The molecule has 0 spiro atoms. The highest BCUT2D eigenvalue weighted by atomic mass is 16.5. The molecule has 1 aliphatic heterocycles. The second kappa shape index (κ2) is 6.68. The highest BCUT2D eigenvalue weighted by Gasteiger charge is 2.19. The van der Waals surface area contributed by atoms with Crippen LogP contribution in [0.5, 0.6) is 0 Å². The Morgan fingerprint density at radius 2 is 1.71 bits per heavy atom. The summed E-state index contributed by atoms with van der Waals surface area (Å²) in [5.74, 6) is 0.188. The minimum absolute atomic E-state index is 0.126.